The third kappa shape index (κ3) is 2.67. The molecule has 0 atom stereocenters. The minimum Gasteiger partial charge on any atom is -0.478 e. The molecule has 0 fully saturated rings. The SMILES string of the molecule is O=C(Cn1ccnn1)Nc1ncccc1C(=O)O. The van der Waals surface area contributed by atoms with Gasteiger partial charge in [-0.25, -0.2) is 14.5 Å². The van der Waals surface area contributed by atoms with Gasteiger partial charge in [0.15, 0.2) is 0 Å². The fourth-order valence-corrected chi connectivity index (χ4v) is 1.31. The summed E-state index contributed by atoms with van der Waals surface area (Å²) in [6.07, 6.45) is 4.37. The fraction of sp³-hybridized carbons (Fsp3) is 0.100. The van der Waals surface area contributed by atoms with Gasteiger partial charge in [0.2, 0.25) is 5.91 Å². The van der Waals surface area contributed by atoms with E-state index in [2.05, 4.69) is 20.6 Å². The van der Waals surface area contributed by atoms with Crippen molar-refractivity contribution in [1.29, 1.82) is 0 Å². The van der Waals surface area contributed by atoms with Crippen molar-refractivity contribution in [2.45, 2.75) is 6.54 Å². The number of aromatic carboxylic acids is 1. The van der Waals surface area contributed by atoms with Crippen LogP contribution in [0.5, 0.6) is 0 Å². The number of hydrogen-bond donors (Lipinski definition) is 2. The second-order valence-corrected chi connectivity index (χ2v) is 3.35. The Morgan fingerprint density at radius 3 is 2.89 bits per heavy atom. The lowest BCUT2D eigenvalue weighted by molar-refractivity contribution is -0.116. The van der Waals surface area contributed by atoms with Crippen molar-refractivity contribution in [2.75, 3.05) is 5.32 Å². The van der Waals surface area contributed by atoms with Crippen LogP contribution in [0.3, 0.4) is 0 Å². The molecule has 2 rings (SSSR count). The molecule has 0 aliphatic heterocycles. The lowest BCUT2D eigenvalue weighted by Crippen LogP contribution is -2.21. The molecule has 18 heavy (non-hydrogen) atoms. The fourth-order valence-electron chi connectivity index (χ4n) is 1.31. The van der Waals surface area contributed by atoms with Gasteiger partial charge in [0.25, 0.3) is 0 Å². The number of carbonyl (C=O) groups excluding carboxylic acids is 1. The van der Waals surface area contributed by atoms with Crippen molar-refractivity contribution in [3.05, 3.63) is 36.3 Å². The molecule has 2 aromatic rings. The molecule has 92 valence electrons. The summed E-state index contributed by atoms with van der Waals surface area (Å²) in [4.78, 5) is 26.3. The quantitative estimate of drug-likeness (QED) is 0.787. The summed E-state index contributed by atoms with van der Waals surface area (Å²) in [6, 6.07) is 2.84. The van der Waals surface area contributed by atoms with Crippen LogP contribution in [0.1, 0.15) is 10.4 Å². The van der Waals surface area contributed by atoms with E-state index in [1.807, 2.05) is 0 Å². The first-order valence-corrected chi connectivity index (χ1v) is 4.99. The highest BCUT2D eigenvalue weighted by atomic mass is 16.4. The highest BCUT2D eigenvalue weighted by Crippen LogP contribution is 2.10. The molecule has 0 aromatic carbocycles. The molecule has 0 unspecified atom stereocenters. The van der Waals surface area contributed by atoms with Gasteiger partial charge in [-0.3, -0.25) is 4.79 Å². The van der Waals surface area contributed by atoms with Gasteiger partial charge in [-0.15, -0.1) is 5.10 Å². The van der Waals surface area contributed by atoms with Gasteiger partial charge in [-0.1, -0.05) is 5.21 Å². The van der Waals surface area contributed by atoms with Crippen molar-refractivity contribution in [1.82, 2.24) is 20.0 Å². The number of aromatic nitrogens is 4. The highest BCUT2D eigenvalue weighted by Gasteiger charge is 2.13. The van der Waals surface area contributed by atoms with Crippen LogP contribution in [-0.4, -0.2) is 37.0 Å². The van der Waals surface area contributed by atoms with E-state index in [1.54, 1.807) is 0 Å². The third-order valence-electron chi connectivity index (χ3n) is 2.07. The van der Waals surface area contributed by atoms with Crippen LogP contribution in [0.15, 0.2) is 30.7 Å². The normalized spacial score (nSPS) is 10.0. The summed E-state index contributed by atoms with van der Waals surface area (Å²) in [6.45, 7) is -0.0599. The van der Waals surface area contributed by atoms with Crippen LogP contribution in [0.4, 0.5) is 5.82 Å². The van der Waals surface area contributed by atoms with Gasteiger partial charge in [-0.2, -0.15) is 0 Å². The van der Waals surface area contributed by atoms with E-state index in [4.69, 9.17) is 5.11 Å². The Bertz CT molecular complexity index is 567. The molecule has 0 saturated carbocycles. The Balaban J connectivity index is 2.09. The lowest BCUT2D eigenvalue weighted by Gasteiger charge is -2.06. The molecule has 2 aromatic heterocycles. The number of carboxylic acid groups (broad SMARTS) is 1. The summed E-state index contributed by atoms with van der Waals surface area (Å²) in [5.41, 5.74) is -0.0653. The van der Waals surface area contributed by atoms with Crippen LogP contribution in [-0.2, 0) is 11.3 Å². The highest BCUT2D eigenvalue weighted by molar-refractivity contribution is 5.99. The van der Waals surface area contributed by atoms with E-state index in [1.165, 1.54) is 35.4 Å². The summed E-state index contributed by atoms with van der Waals surface area (Å²) in [5, 5.41) is 18.5. The number of amides is 1. The van der Waals surface area contributed by atoms with Gasteiger partial charge in [0, 0.05) is 12.4 Å². The van der Waals surface area contributed by atoms with E-state index < -0.39 is 11.9 Å². The first kappa shape index (κ1) is 11.7. The maximum absolute atomic E-state index is 11.6. The van der Waals surface area contributed by atoms with Crippen molar-refractivity contribution >= 4 is 17.7 Å². The third-order valence-corrected chi connectivity index (χ3v) is 2.07. The molecule has 0 spiro atoms. The van der Waals surface area contributed by atoms with Gasteiger partial charge in [0.1, 0.15) is 17.9 Å². The van der Waals surface area contributed by atoms with Crippen molar-refractivity contribution in [2.24, 2.45) is 0 Å². The molecule has 8 heteroatoms. The van der Waals surface area contributed by atoms with Crippen molar-refractivity contribution < 1.29 is 14.7 Å². The Morgan fingerprint density at radius 1 is 1.39 bits per heavy atom. The molecular formula is C10H9N5O3. The number of rotatable bonds is 4. The summed E-state index contributed by atoms with van der Waals surface area (Å²) in [7, 11) is 0. The average molecular weight is 247 g/mol. The van der Waals surface area contributed by atoms with E-state index in [-0.39, 0.29) is 17.9 Å². The summed E-state index contributed by atoms with van der Waals surface area (Å²) < 4.78 is 1.32. The zero-order valence-electron chi connectivity index (χ0n) is 9.15. The van der Waals surface area contributed by atoms with Gasteiger partial charge >= 0.3 is 5.97 Å². The van der Waals surface area contributed by atoms with E-state index in [0.29, 0.717) is 0 Å². The summed E-state index contributed by atoms with van der Waals surface area (Å²) in [5.74, 6) is -1.57. The average Bonchev–Trinajstić information content (AvgIpc) is 2.82. The maximum Gasteiger partial charge on any atom is 0.339 e. The zero-order chi connectivity index (χ0) is 13.0. The van der Waals surface area contributed by atoms with Crippen molar-refractivity contribution in [3.63, 3.8) is 0 Å². The largest absolute Gasteiger partial charge is 0.478 e. The van der Waals surface area contributed by atoms with E-state index >= 15 is 0 Å². The molecule has 0 bridgehead atoms. The maximum atomic E-state index is 11.6. The smallest absolute Gasteiger partial charge is 0.339 e. The Morgan fingerprint density at radius 2 is 2.22 bits per heavy atom. The predicted octanol–water partition coefficient (Wildman–Crippen LogP) is 0.01000. The molecule has 0 saturated heterocycles. The first-order valence-electron chi connectivity index (χ1n) is 4.99. The molecule has 2 N–H and O–H groups in total. The van der Waals surface area contributed by atoms with Crippen LogP contribution in [0.25, 0.3) is 0 Å². The number of carbonyl (C=O) groups is 2. The zero-order valence-corrected chi connectivity index (χ0v) is 9.15. The van der Waals surface area contributed by atoms with Gasteiger partial charge in [0.05, 0.1) is 6.20 Å². The second-order valence-electron chi connectivity index (χ2n) is 3.35. The van der Waals surface area contributed by atoms with Crippen molar-refractivity contribution in [3.8, 4) is 0 Å². The van der Waals surface area contributed by atoms with Crippen LogP contribution in [0.2, 0.25) is 0 Å². The predicted molar refractivity (Wildman–Crippen MR) is 59.8 cm³/mol. The molecule has 2 heterocycles. The number of nitrogens with one attached hydrogen (secondary N) is 1. The number of hydrogen-bond acceptors (Lipinski definition) is 5. The molecule has 8 nitrogen and oxygen atoms in total. The number of carboxylic acids is 1. The first-order chi connectivity index (χ1) is 8.66. The second kappa shape index (κ2) is 5.04. The molecule has 1 amide bonds. The van der Waals surface area contributed by atoms with Gasteiger partial charge < -0.3 is 10.4 Å². The minimum absolute atomic E-state index is 0.00937. The van der Waals surface area contributed by atoms with E-state index in [9.17, 15) is 9.59 Å². The number of nitrogens with zero attached hydrogens (tertiary/aromatic N) is 4. The standard InChI is InChI=1S/C10H9N5O3/c16-8(6-15-5-4-12-14-15)13-9-7(10(17)18)2-1-3-11-9/h1-5H,6H2,(H,17,18)(H,11,13,16). The van der Waals surface area contributed by atoms with E-state index in [0.717, 1.165) is 0 Å². The van der Waals surface area contributed by atoms with Crippen LogP contribution >= 0.6 is 0 Å². The van der Waals surface area contributed by atoms with Crippen LogP contribution in [0, 0.1) is 0 Å². The van der Waals surface area contributed by atoms with Gasteiger partial charge in [-0.05, 0) is 12.1 Å². The molecule has 0 aliphatic rings. The lowest BCUT2D eigenvalue weighted by atomic mass is 10.2. The molecular weight excluding hydrogens is 238 g/mol. The number of anilines is 1. The molecule has 0 aliphatic carbocycles. The summed E-state index contributed by atoms with van der Waals surface area (Å²) >= 11 is 0. The topological polar surface area (TPSA) is 110 Å². The monoisotopic (exact) mass is 247 g/mol. The molecule has 0 radical (unpaired) electrons. The number of pyridine rings is 1. The Labute approximate surface area is 101 Å². The Kier molecular flexibility index (Phi) is 3.28. The van der Waals surface area contributed by atoms with Crippen LogP contribution < -0.4 is 5.32 Å². The Hall–Kier alpha value is -2.77. The minimum atomic E-state index is -1.15.